The van der Waals surface area contributed by atoms with Crippen LogP contribution in [-0.4, -0.2) is 104 Å². The summed E-state index contributed by atoms with van der Waals surface area (Å²) in [4.78, 5) is 40.5. The second-order valence-corrected chi connectivity index (χ2v) is 7.00. The molecule has 0 saturated carbocycles. The van der Waals surface area contributed by atoms with E-state index in [0.717, 1.165) is 0 Å². The fourth-order valence-electron chi connectivity index (χ4n) is 1.79. The third kappa shape index (κ3) is 31.1. The van der Waals surface area contributed by atoms with Crippen LogP contribution in [0.15, 0.2) is 0 Å². The first-order chi connectivity index (χ1) is 13.0. The summed E-state index contributed by atoms with van der Waals surface area (Å²) in [6.45, 7) is 6.57. The van der Waals surface area contributed by atoms with Crippen LogP contribution in [0.5, 0.6) is 0 Å². The zero-order valence-corrected chi connectivity index (χ0v) is 21.6. The quantitative estimate of drug-likeness (QED) is 0.0993. The number of amides is 2. The first-order valence-electron chi connectivity index (χ1n) is 9.19. The number of aliphatic hydroxyl groups is 1. The number of carbonyl (C=O) groups excluding carboxylic acids is 2. The van der Waals surface area contributed by atoms with Crippen molar-refractivity contribution in [3.05, 3.63) is 0 Å². The van der Waals surface area contributed by atoms with Crippen LogP contribution in [-0.2, 0) is 18.6 Å². The van der Waals surface area contributed by atoms with Crippen molar-refractivity contribution >= 4 is 67.0 Å². The van der Waals surface area contributed by atoms with E-state index in [4.69, 9.17) is 18.8 Å². The van der Waals surface area contributed by atoms with Gasteiger partial charge in [0.15, 0.2) is 8.38 Å². The average molecular weight is 488 g/mol. The van der Waals surface area contributed by atoms with Gasteiger partial charge in [-0.25, -0.2) is 9.03 Å². The molecule has 2 unspecified atom stereocenters. The van der Waals surface area contributed by atoms with Crippen LogP contribution in [0, 0.1) is 0 Å². The van der Waals surface area contributed by atoms with Crippen molar-refractivity contribution in [1.82, 2.24) is 10.6 Å². The van der Waals surface area contributed by atoms with E-state index >= 15 is 0 Å². The van der Waals surface area contributed by atoms with Gasteiger partial charge in [-0.3, -0.25) is 9.59 Å². The molecule has 0 spiro atoms. The van der Waals surface area contributed by atoms with Crippen molar-refractivity contribution in [1.29, 1.82) is 0 Å². The number of carbonyl (C=O) groups is 2. The number of hydrogen-bond acceptors (Lipinski definition) is 7. The van der Waals surface area contributed by atoms with Crippen LogP contribution in [0.2, 0.25) is 0 Å². The van der Waals surface area contributed by atoms with Gasteiger partial charge in [-0.1, -0.05) is 13.8 Å². The molecule has 2 atom stereocenters. The Balaban J connectivity index is -0.000000755. The Morgan fingerprint density at radius 3 is 1.86 bits per heavy atom. The summed E-state index contributed by atoms with van der Waals surface area (Å²) >= 11 is 0. The molecule has 0 aliphatic heterocycles. The number of hydrogen-bond donors (Lipinski definition) is 5. The summed E-state index contributed by atoms with van der Waals surface area (Å²) in [7, 11) is -1.46. The van der Waals surface area contributed by atoms with Crippen LogP contribution in [0.25, 0.3) is 0 Å². The van der Waals surface area contributed by atoms with E-state index in [9.17, 15) is 14.7 Å². The van der Waals surface area contributed by atoms with Crippen LogP contribution < -0.4 is 15.3 Å². The molecule has 0 aliphatic rings. The van der Waals surface area contributed by atoms with Crippen LogP contribution >= 0.6 is 17.4 Å². The zero-order chi connectivity index (χ0) is 20.9. The number of rotatable bonds is 16. The number of nitrogens with one attached hydrogen (secondary N) is 2. The van der Waals surface area contributed by atoms with Gasteiger partial charge in [0.1, 0.15) is 0 Å². The van der Waals surface area contributed by atoms with Crippen molar-refractivity contribution < 1.29 is 38.2 Å². The molecule has 0 bridgehead atoms. The molecule has 0 aliphatic carbocycles. The Morgan fingerprint density at radius 1 is 1.00 bits per heavy atom. The third-order valence-corrected chi connectivity index (χ3v) is 3.95. The van der Waals surface area contributed by atoms with Crippen LogP contribution in [0.4, 0.5) is 0 Å². The number of halogens is 1. The Bertz CT molecular complexity index is 376. The van der Waals surface area contributed by atoms with E-state index in [1.54, 1.807) is 6.66 Å². The van der Waals surface area contributed by atoms with Gasteiger partial charge in [0, 0.05) is 39.2 Å². The van der Waals surface area contributed by atoms with E-state index in [1.807, 2.05) is 13.8 Å². The molecule has 170 valence electrons. The predicted molar refractivity (Wildman–Crippen MR) is 113 cm³/mol. The normalized spacial score (nSPS) is 12.1. The fraction of sp³-hybridized carbons (Fsp3) is 0.875. The van der Waals surface area contributed by atoms with Crippen LogP contribution in [0.1, 0.15) is 52.4 Å². The SMILES string of the molecule is CC.CP(O)OCCCCC(=O)NCC(O)CNC(=O)CCCCO[P-]O.[Ca+2].[F-]. The Morgan fingerprint density at radius 2 is 1.45 bits per heavy atom. The largest absolute Gasteiger partial charge is 2.00 e. The van der Waals surface area contributed by atoms with E-state index in [1.165, 1.54) is 0 Å². The summed E-state index contributed by atoms with van der Waals surface area (Å²) in [5, 5.41) is 14.9. The average Bonchev–Trinajstić information content (AvgIpc) is 2.65. The molecule has 0 aromatic heterocycles. The number of aliphatic hydroxyl groups excluding tert-OH is 1. The second kappa shape index (κ2) is 28.8. The predicted octanol–water partition coefficient (Wildman–Crippen LogP) is -1.69. The molecule has 2 amide bonds. The molecule has 0 rings (SSSR count). The molecule has 0 heterocycles. The van der Waals surface area contributed by atoms with Crippen molar-refractivity contribution in [3.63, 3.8) is 0 Å². The molecule has 5 N–H and O–H groups in total. The summed E-state index contributed by atoms with van der Waals surface area (Å²) in [6.07, 6.45) is 2.43. The van der Waals surface area contributed by atoms with E-state index in [2.05, 4.69) is 10.6 Å². The van der Waals surface area contributed by atoms with E-state index in [-0.39, 0.29) is 76.4 Å². The minimum Gasteiger partial charge on any atom is -1.00 e. The first kappa shape index (κ1) is 37.1. The van der Waals surface area contributed by atoms with Gasteiger partial charge in [-0.15, -0.1) is 0 Å². The number of unbranched alkanes of at least 4 members (excludes halogenated alkanes) is 2. The summed E-state index contributed by atoms with van der Waals surface area (Å²) in [6, 6.07) is 0. The summed E-state index contributed by atoms with van der Waals surface area (Å²) in [5.74, 6) is -0.344. The minimum absolute atomic E-state index is 0. The molecular weight excluding hydrogens is 453 g/mol. The van der Waals surface area contributed by atoms with Crippen molar-refractivity contribution in [3.8, 4) is 0 Å². The Labute approximate surface area is 206 Å². The van der Waals surface area contributed by atoms with Crippen molar-refractivity contribution in [2.24, 2.45) is 0 Å². The maximum atomic E-state index is 11.6. The monoisotopic (exact) mass is 488 g/mol. The van der Waals surface area contributed by atoms with Gasteiger partial charge < -0.3 is 39.3 Å². The maximum absolute atomic E-state index is 11.6. The molecule has 29 heavy (non-hydrogen) atoms. The van der Waals surface area contributed by atoms with Gasteiger partial charge in [-0.05, 0) is 25.7 Å². The molecule has 0 saturated heterocycles. The van der Waals surface area contributed by atoms with Gasteiger partial charge in [0.25, 0.3) is 0 Å². The van der Waals surface area contributed by atoms with Gasteiger partial charge in [0.05, 0.1) is 12.7 Å². The molecule has 9 nitrogen and oxygen atoms in total. The van der Waals surface area contributed by atoms with Crippen molar-refractivity contribution in [2.45, 2.75) is 58.5 Å². The first-order valence-corrected chi connectivity index (χ1v) is 11.6. The molecule has 13 heteroatoms. The minimum atomic E-state index is -1.35. The smallest absolute Gasteiger partial charge is 1.00 e. The molecular formula is C16H35CaFN2O7P2. The molecule has 0 aromatic rings. The summed E-state index contributed by atoms with van der Waals surface area (Å²) < 4.78 is 9.73. The molecule has 0 radical (unpaired) electrons. The van der Waals surface area contributed by atoms with Crippen LogP contribution in [0.3, 0.4) is 0 Å². The van der Waals surface area contributed by atoms with Gasteiger partial charge in [0.2, 0.25) is 11.8 Å². The zero-order valence-electron chi connectivity index (χ0n) is 17.6. The Kier molecular flexibility index (Phi) is 36.9. The molecule has 0 fully saturated rings. The van der Waals surface area contributed by atoms with Gasteiger partial charge >= 0.3 is 37.7 Å². The third-order valence-electron chi connectivity index (χ3n) is 3.09. The standard InChI is InChI=1S/C14H29N2O7P2.C2H6.Ca.FH/c1-25(21)23-9-5-3-7-14(19)16-11-12(17)10-15-13(18)6-2-4-8-22-24-20;1-2;;/h12,17,20-21H,2-11H2,1H3,(H,15,18)(H,16,19);1-2H3;;1H/q-1;;+2;/p-1. The second-order valence-electron chi connectivity index (χ2n) is 5.39. The Hall–Kier alpha value is 0.790. The fourth-order valence-corrected chi connectivity index (χ4v) is 2.39. The summed E-state index contributed by atoms with van der Waals surface area (Å²) in [5.41, 5.74) is 0. The topological polar surface area (TPSA) is 137 Å². The van der Waals surface area contributed by atoms with E-state index < -0.39 is 14.5 Å². The van der Waals surface area contributed by atoms with E-state index in [0.29, 0.717) is 51.7 Å². The van der Waals surface area contributed by atoms with Crippen molar-refractivity contribution in [2.75, 3.05) is 33.0 Å². The van der Waals surface area contributed by atoms with Gasteiger partial charge in [-0.2, -0.15) is 0 Å². The maximum Gasteiger partial charge on any atom is 2.00 e. The molecule has 0 aromatic carbocycles.